The van der Waals surface area contributed by atoms with Gasteiger partial charge in [0, 0.05) is 6.07 Å². The summed E-state index contributed by atoms with van der Waals surface area (Å²) < 4.78 is 0. The van der Waals surface area contributed by atoms with E-state index in [9.17, 15) is 10.1 Å². The molecule has 5 rings (SSSR count). The van der Waals surface area contributed by atoms with Gasteiger partial charge in [0.05, 0.1) is 10.3 Å². The second-order valence-corrected chi connectivity index (χ2v) is 7.89. The van der Waals surface area contributed by atoms with Crippen LogP contribution in [0.5, 0.6) is 0 Å². The minimum atomic E-state index is -0.282. The first-order valence-electron chi connectivity index (χ1n) is 10.6. The van der Waals surface area contributed by atoms with Gasteiger partial charge in [0.25, 0.3) is 5.69 Å². The molecule has 4 aromatic rings. The fraction of sp³-hybridized carbons (Fsp3) is 0.185. The molecule has 3 nitrogen and oxygen atoms in total. The van der Waals surface area contributed by atoms with Gasteiger partial charge >= 0.3 is 0 Å². The van der Waals surface area contributed by atoms with Crippen molar-refractivity contribution < 1.29 is 4.92 Å². The number of nitro groups is 1. The van der Waals surface area contributed by atoms with Crippen LogP contribution in [-0.4, -0.2) is 4.92 Å². The molecule has 0 bridgehead atoms. The third kappa shape index (κ3) is 2.66. The summed E-state index contributed by atoms with van der Waals surface area (Å²) in [6.07, 6.45) is 2.81. The lowest BCUT2D eigenvalue weighted by molar-refractivity contribution is -0.383. The van der Waals surface area contributed by atoms with Gasteiger partial charge in [-0.05, 0) is 81.3 Å². The van der Waals surface area contributed by atoms with E-state index < -0.39 is 0 Å². The van der Waals surface area contributed by atoms with Crippen LogP contribution in [0, 0.1) is 10.1 Å². The first kappa shape index (κ1) is 18.6. The lowest BCUT2D eigenvalue weighted by Crippen LogP contribution is -2.01. The fourth-order valence-electron chi connectivity index (χ4n) is 5.08. The van der Waals surface area contributed by atoms with Crippen LogP contribution in [0.1, 0.15) is 36.1 Å². The van der Waals surface area contributed by atoms with Gasteiger partial charge in [-0.3, -0.25) is 10.1 Å². The summed E-state index contributed by atoms with van der Waals surface area (Å²) in [5, 5.41) is 13.3. The predicted octanol–water partition coefficient (Wildman–Crippen LogP) is 7.11. The van der Waals surface area contributed by atoms with Gasteiger partial charge in [0.15, 0.2) is 0 Å². The van der Waals surface area contributed by atoms with Crippen molar-refractivity contribution in [2.45, 2.75) is 33.1 Å². The van der Waals surface area contributed by atoms with E-state index in [0.29, 0.717) is 5.39 Å². The molecule has 0 saturated heterocycles. The zero-order chi connectivity index (χ0) is 20.8. The maximum atomic E-state index is 11.6. The highest BCUT2D eigenvalue weighted by molar-refractivity contribution is 6.04. The van der Waals surface area contributed by atoms with Gasteiger partial charge in [-0.25, -0.2) is 0 Å². The number of rotatable bonds is 4. The van der Waals surface area contributed by atoms with Crippen LogP contribution in [0.3, 0.4) is 0 Å². The molecule has 0 N–H and O–H groups in total. The van der Waals surface area contributed by atoms with E-state index in [1.165, 1.54) is 38.9 Å². The van der Waals surface area contributed by atoms with E-state index in [1.54, 1.807) is 6.07 Å². The standard InChI is InChI=1S/C27H23NO2/c1-3-17-15-24-20-10-6-5-9-18(20)16-25(24)27(19(17)4-2)23-13-14-26(28(29)30)22-12-8-7-11-21(22)23/h5-15H,3-4,16H2,1-2H3. The Bertz CT molecular complexity index is 1320. The number of non-ortho nitro benzene ring substituents is 1. The topological polar surface area (TPSA) is 43.1 Å². The zero-order valence-electron chi connectivity index (χ0n) is 17.2. The summed E-state index contributed by atoms with van der Waals surface area (Å²) in [4.78, 5) is 11.3. The van der Waals surface area contributed by atoms with E-state index in [2.05, 4.69) is 44.2 Å². The third-order valence-corrected chi connectivity index (χ3v) is 6.41. The van der Waals surface area contributed by atoms with E-state index in [-0.39, 0.29) is 10.6 Å². The summed E-state index contributed by atoms with van der Waals surface area (Å²) >= 11 is 0. The molecule has 4 aromatic carbocycles. The van der Waals surface area contributed by atoms with Gasteiger partial charge < -0.3 is 0 Å². The molecular formula is C27H23NO2. The van der Waals surface area contributed by atoms with Crippen molar-refractivity contribution in [2.75, 3.05) is 0 Å². The molecule has 3 heteroatoms. The number of nitro benzene ring substituents is 1. The Kier molecular flexibility index (Phi) is 4.39. The quantitative estimate of drug-likeness (QED) is 0.241. The minimum Gasteiger partial charge on any atom is -0.258 e. The predicted molar refractivity (Wildman–Crippen MR) is 123 cm³/mol. The van der Waals surface area contributed by atoms with Crippen LogP contribution < -0.4 is 0 Å². The van der Waals surface area contributed by atoms with Gasteiger partial charge in [-0.15, -0.1) is 0 Å². The molecule has 0 heterocycles. The number of hydrogen-bond donors (Lipinski definition) is 0. The molecule has 0 amide bonds. The van der Waals surface area contributed by atoms with E-state index in [1.807, 2.05) is 30.3 Å². The highest BCUT2D eigenvalue weighted by atomic mass is 16.6. The highest BCUT2D eigenvalue weighted by Crippen LogP contribution is 2.47. The first-order valence-corrected chi connectivity index (χ1v) is 10.6. The van der Waals surface area contributed by atoms with Crippen LogP contribution in [0.15, 0.2) is 66.7 Å². The lowest BCUT2D eigenvalue weighted by atomic mass is 9.84. The smallest absolute Gasteiger partial charge is 0.258 e. The van der Waals surface area contributed by atoms with E-state index >= 15 is 0 Å². The monoisotopic (exact) mass is 393 g/mol. The SMILES string of the molecule is CCc1cc2c(c(-c3ccc([N+](=O)[O-])c4ccccc34)c1CC)Cc1ccccc1-2. The van der Waals surface area contributed by atoms with Crippen LogP contribution in [0.2, 0.25) is 0 Å². The van der Waals surface area contributed by atoms with Crippen molar-refractivity contribution in [3.63, 3.8) is 0 Å². The van der Waals surface area contributed by atoms with Crippen LogP contribution in [-0.2, 0) is 19.3 Å². The van der Waals surface area contributed by atoms with Crippen LogP contribution >= 0.6 is 0 Å². The maximum absolute atomic E-state index is 11.6. The van der Waals surface area contributed by atoms with E-state index in [4.69, 9.17) is 0 Å². The Morgan fingerprint density at radius 2 is 1.57 bits per heavy atom. The Morgan fingerprint density at radius 3 is 2.30 bits per heavy atom. The Labute approximate surface area is 176 Å². The molecule has 0 unspecified atom stereocenters. The van der Waals surface area contributed by atoms with Crippen molar-refractivity contribution in [3.05, 3.63) is 99.1 Å². The average molecular weight is 393 g/mol. The van der Waals surface area contributed by atoms with Crippen molar-refractivity contribution in [1.82, 2.24) is 0 Å². The van der Waals surface area contributed by atoms with Gasteiger partial charge in [0.1, 0.15) is 0 Å². The van der Waals surface area contributed by atoms with Crippen molar-refractivity contribution in [1.29, 1.82) is 0 Å². The third-order valence-electron chi connectivity index (χ3n) is 6.41. The Hall–Kier alpha value is -3.46. The molecule has 30 heavy (non-hydrogen) atoms. The first-order chi connectivity index (χ1) is 14.6. The number of hydrogen-bond acceptors (Lipinski definition) is 2. The molecule has 0 radical (unpaired) electrons. The lowest BCUT2D eigenvalue weighted by Gasteiger charge is -2.20. The molecule has 0 aliphatic heterocycles. The molecular weight excluding hydrogens is 370 g/mol. The number of benzene rings is 4. The maximum Gasteiger partial charge on any atom is 0.277 e. The molecule has 148 valence electrons. The molecule has 0 fully saturated rings. The van der Waals surface area contributed by atoms with Crippen LogP contribution in [0.4, 0.5) is 5.69 Å². The Morgan fingerprint density at radius 1 is 0.833 bits per heavy atom. The molecule has 1 aliphatic rings. The Balaban J connectivity index is 1.89. The van der Waals surface area contributed by atoms with Crippen molar-refractivity contribution in [2.24, 2.45) is 0 Å². The molecule has 0 atom stereocenters. The zero-order valence-corrected chi connectivity index (χ0v) is 17.2. The van der Waals surface area contributed by atoms with Gasteiger partial charge in [-0.2, -0.15) is 0 Å². The molecule has 0 aromatic heterocycles. The number of fused-ring (bicyclic) bond motifs is 4. The largest absolute Gasteiger partial charge is 0.277 e. The average Bonchev–Trinajstić information content (AvgIpc) is 3.15. The van der Waals surface area contributed by atoms with Crippen molar-refractivity contribution in [3.8, 4) is 22.3 Å². The summed E-state index contributed by atoms with van der Waals surface area (Å²) in [6, 6.07) is 22.4. The second-order valence-electron chi connectivity index (χ2n) is 7.89. The van der Waals surface area contributed by atoms with E-state index in [0.717, 1.165) is 30.2 Å². The van der Waals surface area contributed by atoms with Gasteiger partial charge in [0.2, 0.25) is 0 Å². The highest BCUT2D eigenvalue weighted by Gasteiger charge is 2.26. The number of aryl methyl sites for hydroxylation is 1. The fourth-order valence-corrected chi connectivity index (χ4v) is 5.08. The summed E-state index contributed by atoms with van der Waals surface area (Å²) in [5.74, 6) is 0. The minimum absolute atomic E-state index is 0.166. The van der Waals surface area contributed by atoms with Crippen LogP contribution in [0.25, 0.3) is 33.0 Å². The summed E-state index contributed by atoms with van der Waals surface area (Å²) in [6.45, 7) is 4.42. The second kappa shape index (κ2) is 7.10. The normalized spacial score (nSPS) is 12.1. The number of nitrogens with zero attached hydrogens (tertiary/aromatic N) is 1. The molecule has 0 saturated carbocycles. The summed E-state index contributed by atoms with van der Waals surface area (Å²) in [7, 11) is 0. The molecule has 1 aliphatic carbocycles. The summed E-state index contributed by atoms with van der Waals surface area (Å²) in [5.41, 5.74) is 10.6. The molecule has 0 spiro atoms. The van der Waals surface area contributed by atoms with Crippen molar-refractivity contribution >= 4 is 16.5 Å². The van der Waals surface area contributed by atoms with Gasteiger partial charge in [-0.1, -0.05) is 62.4 Å².